The molecule has 0 spiro atoms. The van der Waals surface area contributed by atoms with Gasteiger partial charge in [-0.1, -0.05) is 12.1 Å². The number of aromatic amines is 1. The van der Waals surface area contributed by atoms with E-state index >= 15 is 0 Å². The maximum Gasteiger partial charge on any atom is 0.198 e. The van der Waals surface area contributed by atoms with Gasteiger partial charge in [0.25, 0.3) is 0 Å². The molecule has 1 aromatic carbocycles. The molecular formula is C17H12N4O2. The van der Waals surface area contributed by atoms with Gasteiger partial charge in [0, 0.05) is 28.2 Å². The fourth-order valence-electron chi connectivity index (χ4n) is 2.63. The minimum absolute atomic E-state index is 0.0400. The van der Waals surface area contributed by atoms with Crippen LogP contribution in [0.4, 0.5) is 0 Å². The van der Waals surface area contributed by atoms with Gasteiger partial charge in [0.15, 0.2) is 23.2 Å². The number of pyridine rings is 2. The Bertz CT molecular complexity index is 1120. The second kappa shape index (κ2) is 4.88. The molecule has 3 heterocycles. The number of aromatic nitrogens is 4. The zero-order valence-corrected chi connectivity index (χ0v) is 12.3. The highest BCUT2D eigenvalue weighted by molar-refractivity contribution is 5.82. The van der Waals surface area contributed by atoms with E-state index in [0.717, 1.165) is 11.8 Å². The molecule has 0 aliphatic rings. The van der Waals surface area contributed by atoms with Crippen LogP contribution in [0.5, 0.6) is 0 Å². The van der Waals surface area contributed by atoms with Gasteiger partial charge in [-0.05, 0) is 31.2 Å². The third-order valence-electron chi connectivity index (χ3n) is 3.86. The molecule has 0 saturated heterocycles. The van der Waals surface area contributed by atoms with Crippen LogP contribution in [0.2, 0.25) is 0 Å². The Hall–Kier alpha value is -3.28. The molecule has 0 saturated carbocycles. The molecule has 1 N–H and O–H groups in total. The van der Waals surface area contributed by atoms with Crippen LogP contribution >= 0.6 is 0 Å². The summed E-state index contributed by atoms with van der Waals surface area (Å²) in [6, 6.07) is 10.7. The maximum atomic E-state index is 12.5. The van der Waals surface area contributed by atoms with Crippen molar-refractivity contribution >= 4 is 22.8 Å². The zero-order valence-electron chi connectivity index (χ0n) is 12.3. The molecule has 0 amide bonds. The second-order valence-electron chi connectivity index (χ2n) is 5.32. The topological polar surface area (TPSA) is 80.1 Å². The summed E-state index contributed by atoms with van der Waals surface area (Å²) < 4.78 is 1.53. The number of nitrogens with zero attached hydrogens (tertiary/aromatic N) is 3. The Balaban J connectivity index is 2.00. The summed E-state index contributed by atoms with van der Waals surface area (Å²) in [6.45, 7) is 1.75. The van der Waals surface area contributed by atoms with E-state index in [4.69, 9.17) is 0 Å². The van der Waals surface area contributed by atoms with E-state index in [-0.39, 0.29) is 5.43 Å². The van der Waals surface area contributed by atoms with Crippen LogP contribution in [0.25, 0.3) is 28.1 Å². The Morgan fingerprint density at radius 1 is 1.17 bits per heavy atom. The minimum Gasteiger partial charge on any atom is -0.351 e. The number of carbonyl (C=O) groups is 1. The van der Waals surface area contributed by atoms with E-state index in [1.165, 1.54) is 4.52 Å². The van der Waals surface area contributed by atoms with Gasteiger partial charge < -0.3 is 4.98 Å². The molecular weight excluding hydrogens is 292 g/mol. The first-order valence-electron chi connectivity index (χ1n) is 7.11. The summed E-state index contributed by atoms with van der Waals surface area (Å²) in [5.74, 6) is 0.424. The van der Waals surface area contributed by atoms with Crippen molar-refractivity contribution in [2.24, 2.45) is 0 Å². The Morgan fingerprint density at radius 3 is 2.83 bits per heavy atom. The van der Waals surface area contributed by atoms with E-state index in [0.29, 0.717) is 33.7 Å². The molecule has 3 aromatic heterocycles. The van der Waals surface area contributed by atoms with E-state index in [1.54, 1.807) is 31.3 Å². The highest BCUT2D eigenvalue weighted by Crippen LogP contribution is 2.19. The van der Waals surface area contributed by atoms with Crippen molar-refractivity contribution in [3.8, 4) is 11.5 Å². The molecule has 6 nitrogen and oxygen atoms in total. The Labute approximate surface area is 130 Å². The average Bonchev–Trinajstić information content (AvgIpc) is 3.00. The summed E-state index contributed by atoms with van der Waals surface area (Å²) in [6.07, 6.45) is 2.36. The quantitative estimate of drug-likeness (QED) is 0.576. The average molecular weight is 304 g/mol. The first-order chi connectivity index (χ1) is 11.2. The number of rotatable bonds is 2. The summed E-state index contributed by atoms with van der Waals surface area (Å²) >= 11 is 0. The fraction of sp³-hybridized carbons (Fsp3) is 0.0588. The van der Waals surface area contributed by atoms with E-state index in [1.807, 2.05) is 18.2 Å². The summed E-state index contributed by atoms with van der Waals surface area (Å²) in [4.78, 5) is 31.0. The van der Waals surface area contributed by atoms with Gasteiger partial charge >= 0.3 is 0 Å². The number of aldehydes is 1. The molecule has 112 valence electrons. The van der Waals surface area contributed by atoms with Crippen LogP contribution in [0, 0.1) is 6.92 Å². The summed E-state index contributed by atoms with van der Waals surface area (Å²) in [5, 5.41) is 5.02. The summed E-state index contributed by atoms with van der Waals surface area (Å²) in [5.41, 5.74) is 2.98. The molecule has 0 atom stereocenters. The lowest BCUT2D eigenvalue weighted by atomic mass is 10.1. The van der Waals surface area contributed by atoms with Crippen LogP contribution in [0.15, 0.2) is 47.4 Å². The van der Waals surface area contributed by atoms with E-state index < -0.39 is 0 Å². The van der Waals surface area contributed by atoms with Crippen LogP contribution in [0.1, 0.15) is 15.9 Å². The van der Waals surface area contributed by atoms with Crippen molar-refractivity contribution in [1.29, 1.82) is 0 Å². The number of fused-ring (bicyclic) bond motifs is 2. The molecule has 4 aromatic rings. The molecule has 0 radical (unpaired) electrons. The molecule has 0 unspecified atom stereocenters. The van der Waals surface area contributed by atoms with Crippen molar-refractivity contribution in [3.05, 3.63) is 63.9 Å². The number of para-hydroxylation sites is 1. The molecule has 0 bridgehead atoms. The predicted molar refractivity (Wildman–Crippen MR) is 86.7 cm³/mol. The Kier molecular flexibility index (Phi) is 2.84. The smallest absolute Gasteiger partial charge is 0.198 e. The number of hydrogen-bond acceptors (Lipinski definition) is 4. The lowest BCUT2D eigenvalue weighted by Gasteiger charge is -2.04. The molecule has 6 heteroatoms. The zero-order chi connectivity index (χ0) is 16.0. The second-order valence-corrected chi connectivity index (χ2v) is 5.32. The van der Waals surface area contributed by atoms with Crippen LogP contribution in [-0.4, -0.2) is 25.9 Å². The normalized spacial score (nSPS) is 11.2. The van der Waals surface area contributed by atoms with Gasteiger partial charge in [0.05, 0.1) is 5.69 Å². The van der Waals surface area contributed by atoms with Crippen LogP contribution in [0.3, 0.4) is 0 Å². The van der Waals surface area contributed by atoms with Crippen molar-refractivity contribution in [3.63, 3.8) is 0 Å². The monoisotopic (exact) mass is 304 g/mol. The lowest BCUT2D eigenvalue weighted by molar-refractivity contribution is 0.112. The lowest BCUT2D eigenvalue weighted by Crippen LogP contribution is -2.09. The van der Waals surface area contributed by atoms with Gasteiger partial charge in [0.2, 0.25) is 0 Å². The number of nitrogens with one attached hydrogen (secondary N) is 1. The first-order valence-corrected chi connectivity index (χ1v) is 7.11. The van der Waals surface area contributed by atoms with Crippen LogP contribution in [-0.2, 0) is 0 Å². The van der Waals surface area contributed by atoms with Crippen molar-refractivity contribution in [2.45, 2.75) is 6.92 Å². The van der Waals surface area contributed by atoms with E-state index in [9.17, 15) is 9.59 Å². The van der Waals surface area contributed by atoms with Gasteiger partial charge in [-0.2, -0.15) is 0 Å². The molecule has 0 fully saturated rings. The first kappa shape index (κ1) is 13.4. The van der Waals surface area contributed by atoms with Crippen molar-refractivity contribution in [1.82, 2.24) is 19.6 Å². The fourth-order valence-corrected chi connectivity index (χ4v) is 2.63. The SMILES string of the molecule is Cc1c(-c2nc3ccc(C=O)cn3n2)[nH]c2ccccc2c1=O. The van der Waals surface area contributed by atoms with Gasteiger partial charge in [-0.25, -0.2) is 9.50 Å². The number of hydrogen-bond donors (Lipinski definition) is 1. The highest BCUT2D eigenvalue weighted by Gasteiger charge is 2.14. The van der Waals surface area contributed by atoms with E-state index in [2.05, 4.69) is 15.1 Å². The molecule has 23 heavy (non-hydrogen) atoms. The van der Waals surface area contributed by atoms with Gasteiger partial charge in [-0.15, -0.1) is 5.10 Å². The Morgan fingerprint density at radius 2 is 2.00 bits per heavy atom. The third-order valence-corrected chi connectivity index (χ3v) is 3.86. The minimum atomic E-state index is -0.0400. The standard InChI is InChI=1S/C17H12N4O2/c1-10-15(18-13-5-3-2-4-12(13)16(10)23)17-19-14-7-6-11(9-22)8-21(14)20-17/h2-9H,1H3,(H,18,23). The van der Waals surface area contributed by atoms with Gasteiger partial charge in [-0.3, -0.25) is 9.59 Å². The largest absolute Gasteiger partial charge is 0.351 e. The van der Waals surface area contributed by atoms with Gasteiger partial charge in [0.1, 0.15) is 0 Å². The number of benzene rings is 1. The third kappa shape index (κ3) is 2.03. The predicted octanol–water partition coefficient (Wildman–Crippen LogP) is 2.36. The summed E-state index contributed by atoms with van der Waals surface area (Å²) in [7, 11) is 0. The molecule has 4 rings (SSSR count). The maximum absolute atomic E-state index is 12.5. The highest BCUT2D eigenvalue weighted by atomic mass is 16.1. The number of H-pyrrole nitrogens is 1. The number of carbonyl (C=O) groups excluding carboxylic acids is 1. The van der Waals surface area contributed by atoms with Crippen molar-refractivity contribution in [2.75, 3.05) is 0 Å². The van der Waals surface area contributed by atoms with Crippen LogP contribution < -0.4 is 5.43 Å². The molecule has 0 aliphatic heterocycles. The molecule has 0 aliphatic carbocycles. The van der Waals surface area contributed by atoms with Crippen molar-refractivity contribution < 1.29 is 4.79 Å².